The Labute approximate surface area is 147 Å². The number of aliphatic carboxylic acids is 1. The van der Waals surface area contributed by atoms with Crippen molar-refractivity contribution in [2.24, 2.45) is 0 Å². The van der Waals surface area contributed by atoms with E-state index in [0.717, 1.165) is 12.1 Å². The van der Waals surface area contributed by atoms with Crippen LogP contribution < -0.4 is 10.2 Å². The quantitative estimate of drug-likeness (QED) is 0.808. The smallest absolute Gasteiger partial charge is 0.320 e. The van der Waals surface area contributed by atoms with Gasteiger partial charge in [-0.15, -0.1) is 12.4 Å². The minimum absolute atomic E-state index is 0. The summed E-state index contributed by atoms with van der Waals surface area (Å²) in [5.41, 5.74) is 1.35. The number of benzene rings is 1. The third kappa shape index (κ3) is 4.94. The van der Waals surface area contributed by atoms with Crippen LogP contribution in [0.4, 0.5) is 11.4 Å². The molecule has 2 N–H and O–H groups in total. The highest BCUT2D eigenvalue weighted by molar-refractivity contribution is 5.97. The predicted octanol–water partition coefficient (Wildman–Crippen LogP) is 1.58. The lowest BCUT2D eigenvalue weighted by Gasteiger charge is -2.21. The SMILES string of the molecule is CC(C(=O)O)N(C)CC(=O)Nc1cccc(N2CCCC2=O)c1.Cl. The number of hydrogen-bond acceptors (Lipinski definition) is 4. The number of anilines is 2. The van der Waals surface area contributed by atoms with Crippen LogP contribution in [0.5, 0.6) is 0 Å². The van der Waals surface area contributed by atoms with Gasteiger partial charge in [0, 0.05) is 24.3 Å². The van der Waals surface area contributed by atoms with E-state index < -0.39 is 12.0 Å². The Balaban J connectivity index is 0.00000288. The van der Waals surface area contributed by atoms with Gasteiger partial charge in [-0.1, -0.05) is 6.07 Å². The summed E-state index contributed by atoms with van der Waals surface area (Å²) in [5.74, 6) is -1.19. The molecule has 24 heavy (non-hydrogen) atoms. The zero-order valence-corrected chi connectivity index (χ0v) is 14.5. The number of carbonyl (C=O) groups is 3. The highest BCUT2D eigenvalue weighted by Crippen LogP contribution is 2.24. The number of likely N-dealkylation sites (N-methyl/N-ethyl adjacent to an activating group) is 1. The molecule has 1 aliphatic heterocycles. The average molecular weight is 356 g/mol. The molecule has 0 bridgehead atoms. The van der Waals surface area contributed by atoms with E-state index in [4.69, 9.17) is 5.11 Å². The van der Waals surface area contributed by atoms with Crippen molar-refractivity contribution >= 4 is 41.6 Å². The second-order valence-corrected chi connectivity index (χ2v) is 5.68. The molecule has 0 aromatic heterocycles. The number of amides is 2. The molecule has 2 amide bonds. The van der Waals surface area contributed by atoms with E-state index in [1.54, 1.807) is 30.1 Å². The van der Waals surface area contributed by atoms with Crippen LogP contribution in [0.3, 0.4) is 0 Å². The normalized spacial score (nSPS) is 15.1. The van der Waals surface area contributed by atoms with Crippen LogP contribution >= 0.6 is 12.4 Å². The van der Waals surface area contributed by atoms with Crippen molar-refractivity contribution in [3.8, 4) is 0 Å². The number of carbonyl (C=O) groups excluding carboxylic acids is 2. The molecule has 0 saturated carbocycles. The highest BCUT2D eigenvalue weighted by Gasteiger charge is 2.22. The monoisotopic (exact) mass is 355 g/mol. The second kappa shape index (κ2) is 8.65. The summed E-state index contributed by atoms with van der Waals surface area (Å²) in [4.78, 5) is 37.8. The minimum Gasteiger partial charge on any atom is -0.480 e. The van der Waals surface area contributed by atoms with Crippen molar-refractivity contribution in [2.75, 3.05) is 30.4 Å². The van der Waals surface area contributed by atoms with Gasteiger partial charge in [-0.05, 0) is 38.6 Å². The first kappa shape index (κ1) is 19.9. The molecule has 0 aliphatic carbocycles. The largest absolute Gasteiger partial charge is 0.480 e. The Bertz CT molecular complexity index is 623. The van der Waals surface area contributed by atoms with Gasteiger partial charge >= 0.3 is 5.97 Å². The maximum atomic E-state index is 12.0. The molecule has 1 aromatic rings. The molecule has 1 atom stereocenters. The zero-order chi connectivity index (χ0) is 17.0. The first-order valence-corrected chi connectivity index (χ1v) is 7.52. The molecular formula is C16H22ClN3O4. The maximum Gasteiger partial charge on any atom is 0.320 e. The molecule has 7 nitrogen and oxygen atoms in total. The minimum atomic E-state index is -0.977. The lowest BCUT2D eigenvalue weighted by molar-refractivity contribution is -0.142. The summed E-state index contributed by atoms with van der Waals surface area (Å²) < 4.78 is 0. The lowest BCUT2D eigenvalue weighted by atomic mass is 10.2. The Hall–Kier alpha value is -2.12. The fraction of sp³-hybridized carbons (Fsp3) is 0.438. The third-order valence-corrected chi connectivity index (χ3v) is 3.93. The molecule has 1 unspecified atom stereocenters. The van der Waals surface area contributed by atoms with E-state index in [1.165, 1.54) is 11.8 Å². The topological polar surface area (TPSA) is 89.9 Å². The summed E-state index contributed by atoms with van der Waals surface area (Å²) in [6.07, 6.45) is 1.39. The van der Waals surface area contributed by atoms with Gasteiger partial charge in [-0.3, -0.25) is 19.3 Å². The van der Waals surface area contributed by atoms with Crippen LogP contribution in [-0.2, 0) is 14.4 Å². The van der Waals surface area contributed by atoms with Gasteiger partial charge in [-0.25, -0.2) is 0 Å². The number of carboxylic acids is 1. The summed E-state index contributed by atoms with van der Waals surface area (Å²) >= 11 is 0. The van der Waals surface area contributed by atoms with Crippen molar-refractivity contribution in [1.29, 1.82) is 0 Å². The molecule has 132 valence electrons. The highest BCUT2D eigenvalue weighted by atomic mass is 35.5. The van der Waals surface area contributed by atoms with Crippen molar-refractivity contribution in [3.63, 3.8) is 0 Å². The molecule has 2 rings (SSSR count). The van der Waals surface area contributed by atoms with Crippen LogP contribution in [-0.4, -0.2) is 54.0 Å². The van der Waals surface area contributed by atoms with E-state index in [1.807, 2.05) is 6.07 Å². The Kier molecular flexibility index (Phi) is 7.18. The number of carboxylic acid groups (broad SMARTS) is 1. The lowest BCUT2D eigenvalue weighted by Crippen LogP contribution is -2.40. The van der Waals surface area contributed by atoms with Crippen molar-refractivity contribution in [2.45, 2.75) is 25.8 Å². The third-order valence-electron chi connectivity index (χ3n) is 3.93. The average Bonchev–Trinajstić information content (AvgIpc) is 2.92. The maximum absolute atomic E-state index is 12.0. The Morgan fingerprint density at radius 1 is 1.42 bits per heavy atom. The Morgan fingerprint density at radius 3 is 2.71 bits per heavy atom. The van der Waals surface area contributed by atoms with Gasteiger partial charge in [0.15, 0.2) is 0 Å². The molecular weight excluding hydrogens is 334 g/mol. The van der Waals surface area contributed by atoms with Crippen LogP contribution in [0.2, 0.25) is 0 Å². The predicted molar refractivity (Wildman–Crippen MR) is 93.6 cm³/mol. The van der Waals surface area contributed by atoms with E-state index in [0.29, 0.717) is 18.7 Å². The number of halogens is 1. The molecule has 0 spiro atoms. The van der Waals surface area contributed by atoms with Gasteiger partial charge in [0.25, 0.3) is 0 Å². The van der Waals surface area contributed by atoms with Gasteiger partial charge in [-0.2, -0.15) is 0 Å². The van der Waals surface area contributed by atoms with Crippen molar-refractivity contribution in [3.05, 3.63) is 24.3 Å². The fourth-order valence-electron chi connectivity index (χ4n) is 2.43. The zero-order valence-electron chi connectivity index (χ0n) is 13.7. The van der Waals surface area contributed by atoms with Crippen LogP contribution in [0.1, 0.15) is 19.8 Å². The molecule has 0 radical (unpaired) electrons. The van der Waals surface area contributed by atoms with Crippen LogP contribution in [0.15, 0.2) is 24.3 Å². The number of hydrogen-bond donors (Lipinski definition) is 2. The molecule has 1 aromatic carbocycles. The van der Waals surface area contributed by atoms with Crippen molar-refractivity contribution in [1.82, 2.24) is 4.90 Å². The van der Waals surface area contributed by atoms with E-state index in [-0.39, 0.29) is 30.8 Å². The fourth-order valence-corrected chi connectivity index (χ4v) is 2.43. The molecule has 1 heterocycles. The summed E-state index contributed by atoms with van der Waals surface area (Å²) in [5, 5.41) is 11.7. The number of nitrogens with one attached hydrogen (secondary N) is 1. The van der Waals surface area contributed by atoms with E-state index in [9.17, 15) is 14.4 Å². The van der Waals surface area contributed by atoms with Crippen molar-refractivity contribution < 1.29 is 19.5 Å². The summed E-state index contributed by atoms with van der Waals surface area (Å²) in [7, 11) is 1.58. The van der Waals surface area contributed by atoms with Crippen LogP contribution in [0.25, 0.3) is 0 Å². The number of rotatable bonds is 6. The second-order valence-electron chi connectivity index (χ2n) is 5.68. The number of nitrogens with zero attached hydrogens (tertiary/aromatic N) is 2. The van der Waals surface area contributed by atoms with E-state index in [2.05, 4.69) is 5.32 Å². The summed E-state index contributed by atoms with van der Waals surface area (Å²) in [6.45, 7) is 2.19. The summed E-state index contributed by atoms with van der Waals surface area (Å²) in [6, 6.07) is 6.36. The van der Waals surface area contributed by atoms with Gasteiger partial charge < -0.3 is 15.3 Å². The van der Waals surface area contributed by atoms with Gasteiger partial charge in [0.05, 0.1) is 6.54 Å². The Morgan fingerprint density at radius 2 is 2.12 bits per heavy atom. The first-order valence-electron chi connectivity index (χ1n) is 7.52. The molecule has 1 aliphatic rings. The van der Waals surface area contributed by atoms with Crippen LogP contribution in [0, 0.1) is 0 Å². The molecule has 8 heteroatoms. The van der Waals surface area contributed by atoms with E-state index >= 15 is 0 Å². The van der Waals surface area contributed by atoms with Gasteiger partial charge in [0.2, 0.25) is 11.8 Å². The molecule has 1 fully saturated rings. The standard InChI is InChI=1S/C16H21N3O4.ClH/c1-11(16(22)23)18(2)10-14(20)17-12-5-3-6-13(9-12)19-8-4-7-15(19)21;/h3,5-6,9,11H,4,7-8,10H2,1-2H3,(H,17,20)(H,22,23);1H. The molecule has 1 saturated heterocycles. The first-order chi connectivity index (χ1) is 10.9. The van der Waals surface area contributed by atoms with Gasteiger partial charge in [0.1, 0.15) is 6.04 Å².